The first-order valence-corrected chi connectivity index (χ1v) is 8.44. The molecule has 4 nitrogen and oxygen atoms in total. The van der Waals surface area contributed by atoms with Crippen molar-refractivity contribution >= 4 is 5.91 Å². The number of nitrogens with one attached hydrogen (secondary N) is 1. The van der Waals surface area contributed by atoms with Crippen LogP contribution in [0, 0.1) is 0 Å². The Morgan fingerprint density at radius 3 is 2.65 bits per heavy atom. The molecule has 2 aliphatic heterocycles. The second-order valence-corrected chi connectivity index (χ2v) is 6.47. The number of likely N-dealkylation sites (tertiary alicyclic amines) is 1. The highest BCUT2D eigenvalue weighted by molar-refractivity contribution is 5.84. The Balaban J connectivity index is 1.86. The molecule has 2 heterocycles. The molecule has 2 saturated heterocycles. The first-order valence-electron chi connectivity index (χ1n) is 8.44. The van der Waals surface area contributed by atoms with E-state index in [9.17, 15) is 4.79 Å². The number of rotatable bonds is 6. The van der Waals surface area contributed by atoms with Gasteiger partial charge in [0.05, 0.1) is 12.2 Å². The lowest BCUT2D eigenvalue weighted by atomic mass is 10.1. The van der Waals surface area contributed by atoms with Gasteiger partial charge < -0.3 is 4.90 Å². The van der Waals surface area contributed by atoms with Crippen molar-refractivity contribution in [3.63, 3.8) is 0 Å². The van der Waals surface area contributed by atoms with Gasteiger partial charge in [-0.05, 0) is 46.2 Å². The summed E-state index contributed by atoms with van der Waals surface area (Å²) in [5.74, 6) is 0.315. The van der Waals surface area contributed by atoms with E-state index in [0.29, 0.717) is 11.9 Å². The summed E-state index contributed by atoms with van der Waals surface area (Å²) in [6, 6.07) is 0.534. The first kappa shape index (κ1) is 15.8. The Hall–Kier alpha value is -0.610. The van der Waals surface area contributed by atoms with Gasteiger partial charge in [0.1, 0.15) is 0 Å². The molecular formula is C16H31N3O. The lowest BCUT2D eigenvalue weighted by molar-refractivity contribution is -0.130. The van der Waals surface area contributed by atoms with Crippen molar-refractivity contribution in [3.05, 3.63) is 0 Å². The molecule has 1 N–H and O–H groups in total. The Morgan fingerprint density at radius 1 is 1.30 bits per heavy atom. The molecule has 0 aromatic carbocycles. The molecule has 3 atom stereocenters. The largest absolute Gasteiger partial charge is 0.325 e. The molecule has 0 spiro atoms. The quantitative estimate of drug-likeness (QED) is 0.811. The van der Waals surface area contributed by atoms with E-state index in [1.54, 1.807) is 0 Å². The van der Waals surface area contributed by atoms with Gasteiger partial charge in [0.25, 0.3) is 0 Å². The van der Waals surface area contributed by atoms with Crippen LogP contribution in [-0.2, 0) is 4.79 Å². The van der Waals surface area contributed by atoms with Gasteiger partial charge in [-0.15, -0.1) is 0 Å². The van der Waals surface area contributed by atoms with E-state index in [1.807, 2.05) is 0 Å². The minimum atomic E-state index is 0.0542. The Kier molecular flexibility index (Phi) is 5.85. The molecule has 2 rings (SSSR count). The van der Waals surface area contributed by atoms with Crippen molar-refractivity contribution in [2.75, 3.05) is 19.6 Å². The number of carbonyl (C=O) groups excluding carboxylic acids is 1. The minimum Gasteiger partial charge on any atom is -0.325 e. The normalized spacial score (nSPS) is 29.9. The first-order chi connectivity index (χ1) is 9.63. The molecule has 2 aliphatic rings. The molecule has 0 saturated carbocycles. The third kappa shape index (κ3) is 3.73. The molecule has 0 aromatic rings. The van der Waals surface area contributed by atoms with E-state index in [-0.39, 0.29) is 12.2 Å². The van der Waals surface area contributed by atoms with Crippen molar-refractivity contribution in [1.29, 1.82) is 0 Å². The molecule has 1 amide bonds. The summed E-state index contributed by atoms with van der Waals surface area (Å²) in [7, 11) is 0. The number of nitrogens with zero attached hydrogens (tertiary/aromatic N) is 2. The van der Waals surface area contributed by atoms with Crippen LogP contribution >= 0.6 is 0 Å². The van der Waals surface area contributed by atoms with Gasteiger partial charge >= 0.3 is 0 Å². The fraction of sp³-hybridized carbons (Fsp3) is 0.938. The zero-order valence-electron chi connectivity index (χ0n) is 13.4. The van der Waals surface area contributed by atoms with E-state index in [4.69, 9.17) is 0 Å². The second kappa shape index (κ2) is 7.41. The van der Waals surface area contributed by atoms with E-state index in [0.717, 1.165) is 25.8 Å². The Bertz CT molecular complexity index is 315. The van der Waals surface area contributed by atoms with Crippen LogP contribution < -0.4 is 5.32 Å². The topological polar surface area (TPSA) is 35.6 Å². The average molecular weight is 281 g/mol. The summed E-state index contributed by atoms with van der Waals surface area (Å²) in [5.41, 5.74) is 0. The Labute approximate surface area is 123 Å². The lowest BCUT2D eigenvalue weighted by Crippen LogP contribution is -2.47. The monoisotopic (exact) mass is 281 g/mol. The molecule has 2 fully saturated rings. The number of carbonyl (C=O) groups is 1. The summed E-state index contributed by atoms with van der Waals surface area (Å²) >= 11 is 0. The zero-order valence-corrected chi connectivity index (χ0v) is 13.4. The van der Waals surface area contributed by atoms with Gasteiger partial charge in [0, 0.05) is 12.6 Å². The molecule has 116 valence electrons. The Morgan fingerprint density at radius 2 is 2.00 bits per heavy atom. The van der Waals surface area contributed by atoms with Crippen molar-refractivity contribution in [3.8, 4) is 0 Å². The zero-order chi connectivity index (χ0) is 14.5. The standard InChI is InChI=1S/C16H31N3O/c1-4-5-9-15-16(20)19(14(3)17-15)12-13(2)18-10-7-6-8-11-18/h13-15,17H,4-12H2,1-3H3. The fourth-order valence-electron chi connectivity index (χ4n) is 3.47. The minimum absolute atomic E-state index is 0.0542. The van der Waals surface area contributed by atoms with Gasteiger partial charge in [-0.3, -0.25) is 15.0 Å². The molecule has 4 heteroatoms. The van der Waals surface area contributed by atoms with Crippen molar-refractivity contribution < 1.29 is 4.79 Å². The van der Waals surface area contributed by atoms with Crippen LogP contribution in [0.2, 0.25) is 0 Å². The predicted octanol–water partition coefficient (Wildman–Crippen LogP) is 2.20. The number of unbranched alkanes of at least 4 members (excludes halogenated alkanes) is 1. The third-order valence-electron chi connectivity index (χ3n) is 4.81. The van der Waals surface area contributed by atoms with Crippen LogP contribution in [-0.4, -0.2) is 53.6 Å². The van der Waals surface area contributed by atoms with Gasteiger partial charge in [0.15, 0.2) is 0 Å². The maximum Gasteiger partial charge on any atom is 0.241 e. The van der Waals surface area contributed by atoms with Gasteiger partial charge in [0.2, 0.25) is 5.91 Å². The van der Waals surface area contributed by atoms with Crippen molar-refractivity contribution in [2.24, 2.45) is 0 Å². The second-order valence-electron chi connectivity index (χ2n) is 6.47. The summed E-state index contributed by atoms with van der Waals surface area (Å²) in [6.45, 7) is 9.83. The summed E-state index contributed by atoms with van der Waals surface area (Å²) < 4.78 is 0. The van der Waals surface area contributed by atoms with E-state index < -0.39 is 0 Å². The van der Waals surface area contributed by atoms with Crippen LogP contribution in [0.1, 0.15) is 59.3 Å². The van der Waals surface area contributed by atoms with Gasteiger partial charge in [-0.25, -0.2) is 0 Å². The average Bonchev–Trinajstić information content (AvgIpc) is 2.73. The number of hydrogen-bond donors (Lipinski definition) is 1. The molecule has 0 aliphatic carbocycles. The summed E-state index contributed by atoms with van der Waals surface area (Å²) in [4.78, 5) is 17.1. The molecule has 0 bridgehead atoms. The smallest absolute Gasteiger partial charge is 0.241 e. The SMILES string of the molecule is CCCCC1NC(C)N(CC(C)N2CCCCC2)C1=O. The van der Waals surface area contributed by atoms with E-state index in [2.05, 4.69) is 35.9 Å². The molecular weight excluding hydrogens is 250 g/mol. The molecule has 0 aromatic heterocycles. The van der Waals surface area contributed by atoms with Gasteiger partial charge in [-0.2, -0.15) is 0 Å². The molecule has 20 heavy (non-hydrogen) atoms. The van der Waals surface area contributed by atoms with E-state index in [1.165, 1.54) is 32.4 Å². The number of amides is 1. The highest BCUT2D eigenvalue weighted by Gasteiger charge is 2.36. The van der Waals surface area contributed by atoms with Crippen molar-refractivity contribution in [2.45, 2.75) is 77.5 Å². The van der Waals surface area contributed by atoms with E-state index >= 15 is 0 Å². The lowest BCUT2D eigenvalue weighted by Gasteiger charge is -2.35. The highest BCUT2D eigenvalue weighted by atomic mass is 16.2. The van der Waals surface area contributed by atoms with Crippen LogP contribution in [0.5, 0.6) is 0 Å². The van der Waals surface area contributed by atoms with Crippen LogP contribution in [0.15, 0.2) is 0 Å². The molecule has 0 radical (unpaired) electrons. The maximum absolute atomic E-state index is 12.5. The summed E-state index contributed by atoms with van der Waals surface area (Å²) in [6.07, 6.45) is 7.44. The van der Waals surface area contributed by atoms with Crippen molar-refractivity contribution in [1.82, 2.24) is 15.1 Å². The molecule has 3 unspecified atom stereocenters. The number of hydrogen-bond acceptors (Lipinski definition) is 3. The van der Waals surface area contributed by atoms with Gasteiger partial charge in [-0.1, -0.05) is 26.2 Å². The highest BCUT2D eigenvalue weighted by Crippen LogP contribution is 2.18. The third-order valence-corrected chi connectivity index (χ3v) is 4.81. The number of piperidine rings is 1. The maximum atomic E-state index is 12.5. The van der Waals surface area contributed by atoms with Crippen LogP contribution in [0.3, 0.4) is 0 Å². The fourth-order valence-corrected chi connectivity index (χ4v) is 3.47. The predicted molar refractivity (Wildman–Crippen MR) is 82.5 cm³/mol. The van der Waals surface area contributed by atoms with Crippen LogP contribution in [0.25, 0.3) is 0 Å². The summed E-state index contributed by atoms with van der Waals surface area (Å²) in [5, 5.41) is 3.45. The van der Waals surface area contributed by atoms with Crippen LogP contribution in [0.4, 0.5) is 0 Å².